The summed E-state index contributed by atoms with van der Waals surface area (Å²) in [6, 6.07) is 7.44. The number of rotatable bonds is 7. The van der Waals surface area contributed by atoms with Crippen LogP contribution >= 0.6 is 0 Å². The van der Waals surface area contributed by atoms with Gasteiger partial charge >= 0.3 is 0 Å². The van der Waals surface area contributed by atoms with E-state index in [1.54, 1.807) is 43.3 Å². The highest BCUT2D eigenvalue weighted by atomic mass is 16.5. The Kier molecular flexibility index (Phi) is 5.49. The van der Waals surface area contributed by atoms with Crippen LogP contribution in [0.15, 0.2) is 36.5 Å². The van der Waals surface area contributed by atoms with Crippen LogP contribution in [0.3, 0.4) is 0 Å². The molecule has 0 unspecified atom stereocenters. The van der Waals surface area contributed by atoms with Crippen molar-refractivity contribution in [3.8, 4) is 5.75 Å². The number of carbonyl (C=O) groups is 1. The standard InChI is InChI=1S/C17H20N2O3/c1-4-19-15(9-10-18-19)16(20)7-5-13-6-8-17(22-3)14(11-13)12-21-2/h5-11H,4,12H2,1-3H3/b7-5+. The summed E-state index contributed by atoms with van der Waals surface area (Å²) in [5.41, 5.74) is 2.45. The number of methoxy groups -OCH3 is 2. The zero-order valence-corrected chi connectivity index (χ0v) is 13.1. The van der Waals surface area contributed by atoms with Gasteiger partial charge in [0.05, 0.1) is 13.7 Å². The quantitative estimate of drug-likeness (QED) is 0.583. The van der Waals surface area contributed by atoms with Gasteiger partial charge in [0.1, 0.15) is 11.4 Å². The smallest absolute Gasteiger partial charge is 0.203 e. The highest BCUT2D eigenvalue weighted by Crippen LogP contribution is 2.21. The summed E-state index contributed by atoms with van der Waals surface area (Å²) in [5.74, 6) is 0.706. The second kappa shape index (κ2) is 7.56. The molecule has 0 atom stereocenters. The predicted octanol–water partition coefficient (Wildman–Crippen LogP) is 2.95. The highest BCUT2D eigenvalue weighted by Gasteiger charge is 2.08. The third-order valence-corrected chi connectivity index (χ3v) is 3.30. The van der Waals surface area contributed by atoms with Crippen molar-refractivity contribution in [1.29, 1.82) is 0 Å². The molecular formula is C17H20N2O3. The molecule has 0 saturated carbocycles. The Balaban J connectivity index is 2.19. The van der Waals surface area contributed by atoms with E-state index >= 15 is 0 Å². The van der Waals surface area contributed by atoms with Crippen molar-refractivity contribution in [3.63, 3.8) is 0 Å². The number of aromatic nitrogens is 2. The SMILES string of the molecule is CCn1nccc1C(=O)/C=C/c1ccc(OC)c(COC)c1. The minimum atomic E-state index is -0.0662. The molecule has 1 heterocycles. The first-order valence-electron chi connectivity index (χ1n) is 7.09. The molecule has 0 aliphatic carbocycles. The Hall–Kier alpha value is -2.40. The number of hydrogen-bond acceptors (Lipinski definition) is 4. The van der Waals surface area contributed by atoms with Crippen LogP contribution in [0, 0.1) is 0 Å². The molecule has 0 aliphatic rings. The maximum Gasteiger partial charge on any atom is 0.203 e. The molecule has 2 aromatic rings. The van der Waals surface area contributed by atoms with Gasteiger partial charge < -0.3 is 9.47 Å². The number of benzene rings is 1. The molecule has 22 heavy (non-hydrogen) atoms. The van der Waals surface area contributed by atoms with Crippen molar-refractivity contribution >= 4 is 11.9 Å². The van der Waals surface area contributed by atoms with Crippen LogP contribution in [0.5, 0.6) is 5.75 Å². The monoisotopic (exact) mass is 300 g/mol. The molecule has 5 nitrogen and oxygen atoms in total. The first kappa shape index (κ1) is 16.0. The van der Waals surface area contributed by atoms with E-state index in [1.165, 1.54) is 0 Å². The molecule has 1 aromatic carbocycles. The van der Waals surface area contributed by atoms with E-state index in [9.17, 15) is 4.79 Å². The lowest BCUT2D eigenvalue weighted by atomic mass is 10.1. The predicted molar refractivity (Wildman–Crippen MR) is 85.0 cm³/mol. The number of aryl methyl sites for hydroxylation is 1. The van der Waals surface area contributed by atoms with Crippen molar-refractivity contribution in [3.05, 3.63) is 53.4 Å². The number of carbonyl (C=O) groups excluding carboxylic acids is 1. The summed E-state index contributed by atoms with van der Waals surface area (Å²) in [7, 11) is 3.26. The first-order valence-corrected chi connectivity index (χ1v) is 7.09. The molecule has 0 fully saturated rings. The maximum atomic E-state index is 12.2. The molecule has 0 amide bonds. The Bertz CT molecular complexity index is 674. The van der Waals surface area contributed by atoms with E-state index < -0.39 is 0 Å². The number of hydrogen-bond donors (Lipinski definition) is 0. The number of ether oxygens (including phenoxy) is 2. The average Bonchev–Trinajstić information content (AvgIpc) is 3.02. The molecule has 0 saturated heterocycles. The van der Waals surface area contributed by atoms with E-state index in [0.717, 1.165) is 16.9 Å². The average molecular weight is 300 g/mol. The van der Waals surface area contributed by atoms with Gasteiger partial charge in [0.25, 0.3) is 0 Å². The normalized spacial score (nSPS) is 11.0. The molecule has 5 heteroatoms. The van der Waals surface area contributed by atoms with Crippen molar-refractivity contribution in [2.45, 2.75) is 20.1 Å². The second-order valence-corrected chi connectivity index (χ2v) is 4.73. The van der Waals surface area contributed by atoms with Gasteiger partial charge in [-0.3, -0.25) is 9.48 Å². The van der Waals surface area contributed by atoms with E-state index in [-0.39, 0.29) is 5.78 Å². The second-order valence-electron chi connectivity index (χ2n) is 4.73. The van der Waals surface area contributed by atoms with E-state index in [4.69, 9.17) is 9.47 Å². The van der Waals surface area contributed by atoms with Crippen LogP contribution < -0.4 is 4.74 Å². The molecule has 0 radical (unpaired) electrons. The number of ketones is 1. The van der Waals surface area contributed by atoms with Gasteiger partial charge in [0.15, 0.2) is 0 Å². The van der Waals surface area contributed by atoms with Crippen LogP contribution in [0.25, 0.3) is 6.08 Å². The van der Waals surface area contributed by atoms with Gasteiger partial charge in [0, 0.05) is 25.4 Å². The number of nitrogens with zero attached hydrogens (tertiary/aromatic N) is 2. The van der Waals surface area contributed by atoms with Crippen molar-refractivity contribution in [1.82, 2.24) is 9.78 Å². The summed E-state index contributed by atoms with van der Waals surface area (Å²) in [5, 5.41) is 4.10. The van der Waals surface area contributed by atoms with E-state index in [0.29, 0.717) is 18.8 Å². The van der Waals surface area contributed by atoms with E-state index in [1.807, 2.05) is 25.1 Å². The molecule has 116 valence electrons. The third kappa shape index (κ3) is 3.62. The third-order valence-electron chi connectivity index (χ3n) is 3.30. The molecule has 1 aromatic heterocycles. The Morgan fingerprint density at radius 3 is 2.82 bits per heavy atom. The lowest BCUT2D eigenvalue weighted by molar-refractivity contribution is 0.103. The van der Waals surface area contributed by atoms with Crippen LogP contribution in [0.4, 0.5) is 0 Å². The zero-order chi connectivity index (χ0) is 15.9. The Labute approximate surface area is 130 Å². The fourth-order valence-electron chi connectivity index (χ4n) is 2.22. The Morgan fingerprint density at radius 2 is 2.14 bits per heavy atom. The lowest BCUT2D eigenvalue weighted by Gasteiger charge is -2.08. The van der Waals surface area contributed by atoms with Gasteiger partial charge in [-0.1, -0.05) is 12.1 Å². The van der Waals surface area contributed by atoms with Crippen molar-refractivity contribution < 1.29 is 14.3 Å². The maximum absolute atomic E-state index is 12.2. The molecule has 0 aliphatic heterocycles. The topological polar surface area (TPSA) is 53.4 Å². The fraction of sp³-hybridized carbons (Fsp3) is 0.294. The molecule has 2 rings (SSSR count). The van der Waals surface area contributed by atoms with E-state index in [2.05, 4.69) is 5.10 Å². The first-order chi connectivity index (χ1) is 10.7. The number of allylic oxidation sites excluding steroid dienone is 1. The minimum Gasteiger partial charge on any atom is -0.496 e. The van der Waals surface area contributed by atoms with Crippen molar-refractivity contribution in [2.24, 2.45) is 0 Å². The molecule has 0 spiro atoms. The molecule has 0 bridgehead atoms. The summed E-state index contributed by atoms with van der Waals surface area (Å²) < 4.78 is 12.1. The largest absolute Gasteiger partial charge is 0.496 e. The van der Waals surface area contributed by atoms with Crippen LogP contribution in [0.1, 0.15) is 28.5 Å². The summed E-state index contributed by atoms with van der Waals surface area (Å²) in [6.07, 6.45) is 4.98. The lowest BCUT2D eigenvalue weighted by Crippen LogP contribution is -2.07. The Morgan fingerprint density at radius 1 is 1.32 bits per heavy atom. The van der Waals surface area contributed by atoms with Crippen LogP contribution in [-0.2, 0) is 17.9 Å². The molecular weight excluding hydrogens is 280 g/mol. The summed E-state index contributed by atoms with van der Waals surface area (Å²) in [4.78, 5) is 12.2. The minimum absolute atomic E-state index is 0.0662. The van der Waals surface area contributed by atoms with Gasteiger partial charge in [0.2, 0.25) is 5.78 Å². The summed E-state index contributed by atoms with van der Waals surface area (Å²) in [6.45, 7) is 3.08. The molecule has 0 N–H and O–H groups in total. The van der Waals surface area contributed by atoms with Crippen LogP contribution in [-0.4, -0.2) is 29.8 Å². The van der Waals surface area contributed by atoms with Gasteiger partial charge in [-0.2, -0.15) is 5.10 Å². The summed E-state index contributed by atoms with van der Waals surface area (Å²) >= 11 is 0. The fourth-order valence-corrected chi connectivity index (χ4v) is 2.22. The zero-order valence-electron chi connectivity index (χ0n) is 13.1. The highest BCUT2D eigenvalue weighted by molar-refractivity contribution is 6.05. The van der Waals surface area contributed by atoms with Gasteiger partial charge in [-0.15, -0.1) is 0 Å². The van der Waals surface area contributed by atoms with Gasteiger partial charge in [-0.05, 0) is 36.8 Å². The van der Waals surface area contributed by atoms with Crippen LogP contribution in [0.2, 0.25) is 0 Å². The van der Waals surface area contributed by atoms with Gasteiger partial charge in [-0.25, -0.2) is 0 Å². The van der Waals surface area contributed by atoms with Crippen molar-refractivity contribution in [2.75, 3.05) is 14.2 Å².